The summed E-state index contributed by atoms with van der Waals surface area (Å²) in [7, 11) is 0. The Labute approximate surface area is 147 Å². The Morgan fingerprint density at radius 1 is 1.12 bits per heavy atom. The normalized spacial score (nSPS) is 25.2. The second kappa shape index (κ2) is 6.99. The van der Waals surface area contributed by atoms with Gasteiger partial charge in [-0.15, -0.1) is 0 Å². The summed E-state index contributed by atoms with van der Waals surface area (Å²) < 4.78 is 5.73. The van der Waals surface area contributed by atoms with Gasteiger partial charge in [0, 0.05) is 26.2 Å². The molecule has 3 heterocycles. The number of ether oxygens (including phenoxy) is 1. The van der Waals surface area contributed by atoms with E-state index in [1.54, 1.807) is 0 Å². The molecule has 0 aliphatic carbocycles. The van der Waals surface area contributed by atoms with Crippen LogP contribution in [0.5, 0.6) is 0 Å². The fourth-order valence-electron chi connectivity index (χ4n) is 3.54. The van der Waals surface area contributed by atoms with Gasteiger partial charge in [0.05, 0.1) is 17.1 Å². The molecule has 9 heteroatoms. The standard InChI is InChI=1S/C16H26N6O3/c1-10-4-6-20(7-5-10)16-18-14(17)13(22(23)24)15(19-16)21-8-11(2)25-12(3)9-21/h10-12H,4-9H2,1-3H3,(H2,17,18,19)/t11-,12-/m0/s1. The van der Waals surface area contributed by atoms with Crippen molar-refractivity contribution >= 4 is 23.3 Å². The number of nitrogen functional groups attached to an aromatic ring is 1. The summed E-state index contributed by atoms with van der Waals surface area (Å²) in [6.07, 6.45) is 2.06. The molecular formula is C16H26N6O3. The summed E-state index contributed by atoms with van der Waals surface area (Å²) in [5.74, 6) is 1.38. The average Bonchev–Trinajstić information content (AvgIpc) is 2.53. The molecule has 2 aliphatic rings. The van der Waals surface area contributed by atoms with Gasteiger partial charge in [-0.25, -0.2) is 0 Å². The van der Waals surface area contributed by atoms with E-state index in [0.29, 0.717) is 30.8 Å². The maximum Gasteiger partial charge on any atom is 0.353 e. The molecule has 1 aromatic rings. The number of rotatable bonds is 3. The molecule has 0 aromatic carbocycles. The van der Waals surface area contributed by atoms with Crippen LogP contribution in [0, 0.1) is 16.0 Å². The van der Waals surface area contributed by atoms with Crippen molar-refractivity contribution in [3.63, 3.8) is 0 Å². The van der Waals surface area contributed by atoms with Crippen LogP contribution in [0.2, 0.25) is 0 Å². The highest BCUT2D eigenvalue weighted by molar-refractivity contribution is 5.71. The molecule has 3 rings (SSSR count). The Morgan fingerprint density at radius 2 is 1.72 bits per heavy atom. The minimum atomic E-state index is -0.489. The smallest absolute Gasteiger partial charge is 0.353 e. The SMILES string of the molecule is CC1CCN(c2nc(N)c([N+](=O)[O-])c(N3C[C@H](C)O[C@@H](C)C3)n2)CC1. The largest absolute Gasteiger partial charge is 0.378 e. The number of anilines is 3. The van der Waals surface area contributed by atoms with Crippen molar-refractivity contribution in [2.45, 2.75) is 45.8 Å². The number of piperidine rings is 1. The predicted octanol–water partition coefficient (Wildman–Crippen LogP) is 1.82. The zero-order valence-electron chi connectivity index (χ0n) is 15.0. The molecule has 2 atom stereocenters. The number of hydrogen-bond donors (Lipinski definition) is 1. The van der Waals surface area contributed by atoms with Gasteiger partial charge in [-0.1, -0.05) is 6.92 Å². The Morgan fingerprint density at radius 3 is 2.28 bits per heavy atom. The molecule has 0 saturated carbocycles. The predicted molar refractivity (Wildman–Crippen MR) is 95.9 cm³/mol. The van der Waals surface area contributed by atoms with Gasteiger partial charge in [0.25, 0.3) is 0 Å². The van der Waals surface area contributed by atoms with Gasteiger partial charge in [-0.3, -0.25) is 10.1 Å². The van der Waals surface area contributed by atoms with Gasteiger partial charge >= 0.3 is 5.69 Å². The average molecular weight is 350 g/mol. The highest BCUT2D eigenvalue weighted by Gasteiger charge is 2.33. The zero-order valence-corrected chi connectivity index (χ0v) is 15.0. The van der Waals surface area contributed by atoms with Crippen LogP contribution in [0.15, 0.2) is 0 Å². The number of morpholine rings is 1. The van der Waals surface area contributed by atoms with Crippen molar-refractivity contribution in [3.8, 4) is 0 Å². The van der Waals surface area contributed by atoms with Crippen molar-refractivity contribution in [3.05, 3.63) is 10.1 Å². The summed E-state index contributed by atoms with van der Waals surface area (Å²) in [5.41, 5.74) is 5.74. The van der Waals surface area contributed by atoms with Crippen LogP contribution in [-0.2, 0) is 4.74 Å². The fourth-order valence-corrected chi connectivity index (χ4v) is 3.54. The van der Waals surface area contributed by atoms with Gasteiger partial charge in [-0.2, -0.15) is 9.97 Å². The third-order valence-corrected chi connectivity index (χ3v) is 4.85. The lowest BCUT2D eigenvalue weighted by Gasteiger charge is -2.36. The third-order valence-electron chi connectivity index (χ3n) is 4.85. The molecular weight excluding hydrogens is 324 g/mol. The molecule has 2 saturated heterocycles. The number of aromatic nitrogens is 2. The first kappa shape index (κ1) is 17.7. The van der Waals surface area contributed by atoms with Crippen molar-refractivity contribution < 1.29 is 9.66 Å². The van der Waals surface area contributed by atoms with Crippen LogP contribution in [0.4, 0.5) is 23.3 Å². The number of hydrogen-bond acceptors (Lipinski definition) is 8. The first-order valence-corrected chi connectivity index (χ1v) is 8.82. The molecule has 0 bridgehead atoms. The van der Waals surface area contributed by atoms with Crippen LogP contribution >= 0.6 is 0 Å². The molecule has 138 valence electrons. The van der Waals surface area contributed by atoms with E-state index in [-0.39, 0.29) is 23.7 Å². The summed E-state index contributed by atoms with van der Waals surface area (Å²) in [5, 5.41) is 11.6. The van der Waals surface area contributed by atoms with Gasteiger partial charge in [-0.05, 0) is 32.6 Å². The van der Waals surface area contributed by atoms with Crippen molar-refractivity contribution in [2.75, 3.05) is 41.7 Å². The van der Waals surface area contributed by atoms with Crippen LogP contribution in [0.3, 0.4) is 0 Å². The fraction of sp³-hybridized carbons (Fsp3) is 0.750. The highest BCUT2D eigenvalue weighted by Crippen LogP contribution is 2.35. The van der Waals surface area contributed by atoms with Crippen LogP contribution in [-0.4, -0.2) is 53.3 Å². The minimum Gasteiger partial charge on any atom is -0.378 e. The van der Waals surface area contributed by atoms with Crippen LogP contribution in [0.1, 0.15) is 33.6 Å². The Bertz CT molecular complexity index is 637. The molecule has 0 amide bonds. The van der Waals surface area contributed by atoms with E-state index in [4.69, 9.17) is 10.5 Å². The van der Waals surface area contributed by atoms with E-state index in [0.717, 1.165) is 25.9 Å². The zero-order chi connectivity index (χ0) is 18.1. The van der Waals surface area contributed by atoms with Gasteiger partial charge in [0.1, 0.15) is 0 Å². The van der Waals surface area contributed by atoms with Crippen LogP contribution < -0.4 is 15.5 Å². The summed E-state index contributed by atoms with van der Waals surface area (Å²) in [4.78, 5) is 23.8. The molecule has 0 unspecified atom stereocenters. The van der Waals surface area contributed by atoms with E-state index in [2.05, 4.69) is 21.8 Å². The topological polar surface area (TPSA) is 111 Å². The summed E-state index contributed by atoms with van der Waals surface area (Å²) in [6.45, 7) is 8.89. The lowest BCUT2D eigenvalue weighted by Crippen LogP contribution is -2.46. The third kappa shape index (κ3) is 3.76. The van der Waals surface area contributed by atoms with Crippen LogP contribution in [0.25, 0.3) is 0 Å². The summed E-state index contributed by atoms with van der Waals surface area (Å²) >= 11 is 0. The van der Waals surface area contributed by atoms with E-state index >= 15 is 0 Å². The van der Waals surface area contributed by atoms with E-state index in [1.807, 2.05) is 18.7 Å². The Hall–Kier alpha value is -2.16. The molecule has 1 aromatic heterocycles. The van der Waals surface area contributed by atoms with E-state index in [9.17, 15) is 10.1 Å². The molecule has 2 fully saturated rings. The van der Waals surface area contributed by atoms with E-state index in [1.165, 1.54) is 0 Å². The minimum absolute atomic E-state index is 0.0289. The first-order valence-electron chi connectivity index (χ1n) is 8.82. The maximum absolute atomic E-state index is 11.6. The number of nitrogens with zero attached hydrogens (tertiary/aromatic N) is 5. The Kier molecular flexibility index (Phi) is 4.94. The summed E-state index contributed by atoms with van der Waals surface area (Å²) in [6, 6.07) is 0. The van der Waals surface area contributed by atoms with Gasteiger partial charge in [0.2, 0.25) is 17.6 Å². The molecule has 0 spiro atoms. The molecule has 0 radical (unpaired) electrons. The number of nitrogens with two attached hydrogens (primary N) is 1. The second-order valence-corrected chi connectivity index (χ2v) is 7.17. The monoisotopic (exact) mass is 350 g/mol. The molecule has 25 heavy (non-hydrogen) atoms. The molecule has 2 aliphatic heterocycles. The second-order valence-electron chi connectivity index (χ2n) is 7.17. The Balaban J connectivity index is 1.97. The quantitative estimate of drug-likeness (QED) is 0.649. The van der Waals surface area contributed by atoms with Crippen molar-refractivity contribution in [2.24, 2.45) is 5.92 Å². The lowest BCUT2D eigenvalue weighted by molar-refractivity contribution is -0.383. The molecule has 2 N–H and O–H groups in total. The first-order chi connectivity index (χ1) is 11.8. The van der Waals surface area contributed by atoms with Crippen molar-refractivity contribution in [1.82, 2.24) is 9.97 Å². The molecule has 9 nitrogen and oxygen atoms in total. The highest BCUT2D eigenvalue weighted by atomic mass is 16.6. The van der Waals surface area contributed by atoms with Crippen molar-refractivity contribution in [1.29, 1.82) is 0 Å². The lowest BCUT2D eigenvalue weighted by atomic mass is 10.00. The van der Waals surface area contributed by atoms with Gasteiger partial charge < -0.3 is 20.3 Å². The number of nitro groups is 1. The maximum atomic E-state index is 11.6. The van der Waals surface area contributed by atoms with Gasteiger partial charge in [0.15, 0.2) is 0 Å². The van der Waals surface area contributed by atoms with E-state index < -0.39 is 4.92 Å².